The van der Waals surface area contributed by atoms with Gasteiger partial charge >= 0.3 is 0 Å². The normalized spacial score (nSPS) is 27.9. The van der Waals surface area contributed by atoms with Gasteiger partial charge in [-0.2, -0.15) is 0 Å². The van der Waals surface area contributed by atoms with Gasteiger partial charge in [-0.25, -0.2) is 0 Å². The van der Waals surface area contributed by atoms with Gasteiger partial charge in [0.1, 0.15) is 23.1 Å². The molecule has 0 fully saturated rings. The Morgan fingerprint density at radius 1 is 1.65 bits per heavy atom. The number of hydrogen-bond acceptors (Lipinski definition) is 5. The number of hydrogen-bond donors (Lipinski definition) is 3. The first-order valence-electron chi connectivity index (χ1n) is 5.16. The molecule has 4 N–H and O–H groups in total. The highest BCUT2D eigenvalue weighted by atomic mass is 16.3. The van der Waals surface area contributed by atoms with Crippen molar-refractivity contribution >= 4 is 11.6 Å². The number of aliphatic hydroxyl groups is 1. The molecule has 1 aromatic heterocycles. The van der Waals surface area contributed by atoms with Gasteiger partial charge in [0.15, 0.2) is 0 Å². The smallest absolute Gasteiger partial charge is 0.242 e. The van der Waals surface area contributed by atoms with Gasteiger partial charge in [-0.05, 0) is 19.1 Å². The third-order valence-corrected chi connectivity index (χ3v) is 2.73. The van der Waals surface area contributed by atoms with Gasteiger partial charge in [-0.3, -0.25) is 14.8 Å². The summed E-state index contributed by atoms with van der Waals surface area (Å²) in [6, 6.07) is 2.23. The van der Waals surface area contributed by atoms with E-state index in [-0.39, 0.29) is 23.6 Å². The fourth-order valence-electron chi connectivity index (χ4n) is 1.87. The van der Waals surface area contributed by atoms with Crippen LogP contribution in [0.5, 0.6) is 5.75 Å². The maximum Gasteiger partial charge on any atom is 0.242 e. The van der Waals surface area contributed by atoms with E-state index in [4.69, 9.17) is 5.73 Å². The molecular weight excluding hydrogens is 222 g/mol. The van der Waals surface area contributed by atoms with E-state index >= 15 is 0 Å². The number of amides is 1. The van der Waals surface area contributed by atoms with Crippen LogP contribution in [0.4, 0.5) is 0 Å². The van der Waals surface area contributed by atoms with Crippen molar-refractivity contribution in [2.75, 3.05) is 0 Å². The van der Waals surface area contributed by atoms with Gasteiger partial charge in [-0.1, -0.05) is 0 Å². The van der Waals surface area contributed by atoms with Crippen molar-refractivity contribution in [3.8, 4) is 5.75 Å². The molecule has 0 spiro atoms. The molecule has 0 radical (unpaired) electrons. The highest BCUT2D eigenvalue weighted by Crippen LogP contribution is 2.30. The lowest BCUT2D eigenvalue weighted by molar-refractivity contribution is -0.119. The number of aromatic nitrogens is 1. The number of nitrogens with zero attached hydrogens (tertiary/aromatic N) is 2. The molecule has 0 saturated carbocycles. The summed E-state index contributed by atoms with van der Waals surface area (Å²) < 4.78 is 0. The molecule has 0 unspecified atom stereocenters. The van der Waals surface area contributed by atoms with Crippen LogP contribution in [0.25, 0.3) is 0 Å². The number of carbonyl (C=O) groups is 1. The summed E-state index contributed by atoms with van der Waals surface area (Å²) in [5.74, 6) is -0.688. The van der Waals surface area contributed by atoms with E-state index < -0.39 is 17.6 Å². The van der Waals surface area contributed by atoms with E-state index in [1.54, 1.807) is 6.07 Å². The minimum Gasteiger partial charge on any atom is -0.506 e. The molecular formula is C11H13N3O3. The predicted molar refractivity (Wildman–Crippen MR) is 60.7 cm³/mol. The number of rotatable bonds is 2. The zero-order valence-corrected chi connectivity index (χ0v) is 9.29. The van der Waals surface area contributed by atoms with Crippen LogP contribution in [-0.2, 0) is 4.79 Å². The van der Waals surface area contributed by atoms with Crippen molar-refractivity contribution < 1.29 is 15.0 Å². The lowest BCUT2D eigenvalue weighted by Gasteiger charge is -2.19. The maximum absolute atomic E-state index is 11.1. The summed E-state index contributed by atoms with van der Waals surface area (Å²) in [4.78, 5) is 19.1. The van der Waals surface area contributed by atoms with Crippen molar-refractivity contribution in [3.63, 3.8) is 0 Å². The van der Waals surface area contributed by atoms with Crippen LogP contribution in [0.2, 0.25) is 0 Å². The summed E-state index contributed by atoms with van der Waals surface area (Å²) in [5, 5.41) is 19.8. The molecule has 0 aliphatic carbocycles. The third kappa shape index (κ3) is 1.99. The standard InChI is InChI=1S/C11H13N3O3/c1-11(17)5-6(10(12)16)14-9(11)8-7(15)3-2-4-13-8/h2-4,6,15,17H,5H2,1H3,(H2,12,16)/t6-,11-/m1/s1. The number of pyridine rings is 1. The number of primary amides is 1. The summed E-state index contributed by atoms with van der Waals surface area (Å²) in [6.07, 6.45) is 1.58. The van der Waals surface area contributed by atoms with Crippen LogP contribution >= 0.6 is 0 Å². The first kappa shape index (κ1) is 11.5. The minimum absolute atomic E-state index is 0.0864. The maximum atomic E-state index is 11.1. The fourth-order valence-corrected chi connectivity index (χ4v) is 1.87. The molecule has 6 heteroatoms. The quantitative estimate of drug-likeness (QED) is 0.647. The second-order valence-corrected chi connectivity index (χ2v) is 4.24. The van der Waals surface area contributed by atoms with E-state index in [1.807, 2.05) is 0 Å². The second-order valence-electron chi connectivity index (χ2n) is 4.24. The number of nitrogens with two attached hydrogens (primary N) is 1. The Balaban J connectivity index is 2.47. The molecule has 1 aliphatic rings. The van der Waals surface area contributed by atoms with Crippen LogP contribution in [0.1, 0.15) is 19.0 Å². The highest BCUT2D eigenvalue weighted by Gasteiger charge is 2.41. The highest BCUT2D eigenvalue weighted by molar-refractivity contribution is 6.09. The van der Waals surface area contributed by atoms with Gasteiger partial charge in [0.2, 0.25) is 5.91 Å². The van der Waals surface area contributed by atoms with Crippen molar-refractivity contribution in [1.29, 1.82) is 0 Å². The van der Waals surface area contributed by atoms with Crippen LogP contribution in [0.15, 0.2) is 23.3 Å². The van der Waals surface area contributed by atoms with Crippen molar-refractivity contribution in [2.45, 2.75) is 25.0 Å². The van der Waals surface area contributed by atoms with Crippen molar-refractivity contribution in [2.24, 2.45) is 10.7 Å². The molecule has 2 rings (SSSR count). The average Bonchev–Trinajstić information content (AvgIpc) is 2.55. The number of carbonyl (C=O) groups excluding carboxylic acids is 1. The Morgan fingerprint density at radius 3 is 2.88 bits per heavy atom. The SMILES string of the molecule is C[C@@]1(O)C[C@H](C(N)=O)N=C1c1ncccc1O. The van der Waals surface area contributed by atoms with E-state index in [0.29, 0.717) is 0 Å². The number of aromatic hydroxyl groups is 1. The van der Waals surface area contributed by atoms with Crippen LogP contribution in [0.3, 0.4) is 0 Å². The molecule has 1 amide bonds. The first-order chi connectivity index (χ1) is 7.92. The lowest BCUT2D eigenvalue weighted by Crippen LogP contribution is -2.35. The Kier molecular flexibility index (Phi) is 2.59. The molecule has 90 valence electrons. The van der Waals surface area contributed by atoms with E-state index in [2.05, 4.69) is 9.98 Å². The molecule has 0 bridgehead atoms. The molecule has 6 nitrogen and oxygen atoms in total. The average molecular weight is 235 g/mol. The minimum atomic E-state index is -1.31. The Hall–Kier alpha value is -1.95. The zero-order chi connectivity index (χ0) is 12.6. The monoisotopic (exact) mass is 235 g/mol. The van der Waals surface area contributed by atoms with Gasteiger partial charge < -0.3 is 15.9 Å². The molecule has 1 aliphatic heterocycles. The molecule has 0 aromatic carbocycles. The van der Waals surface area contributed by atoms with Crippen LogP contribution < -0.4 is 5.73 Å². The molecule has 17 heavy (non-hydrogen) atoms. The zero-order valence-electron chi connectivity index (χ0n) is 9.29. The fraction of sp³-hybridized carbons (Fsp3) is 0.364. The Morgan fingerprint density at radius 2 is 2.35 bits per heavy atom. The lowest BCUT2D eigenvalue weighted by atomic mass is 9.93. The van der Waals surface area contributed by atoms with E-state index in [1.165, 1.54) is 19.2 Å². The van der Waals surface area contributed by atoms with E-state index in [9.17, 15) is 15.0 Å². The largest absolute Gasteiger partial charge is 0.506 e. The van der Waals surface area contributed by atoms with Crippen molar-refractivity contribution in [1.82, 2.24) is 4.98 Å². The summed E-state index contributed by atoms with van der Waals surface area (Å²) in [5.41, 5.74) is 4.22. The molecule has 1 aromatic rings. The topological polar surface area (TPSA) is 109 Å². The van der Waals surface area contributed by atoms with Gasteiger partial charge in [0, 0.05) is 12.6 Å². The third-order valence-electron chi connectivity index (χ3n) is 2.73. The van der Waals surface area contributed by atoms with Crippen LogP contribution in [0, 0.1) is 0 Å². The molecule has 2 heterocycles. The predicted octanol–water partition coefficient (Wildman–Crippen LogP) is -0.415. The Labute approximate surface area is 97.8 Å². The Bertz CT molecular complexity index is 496. The summed E-state index contributed by atoms with van der Waals surface area (Å²) in [7, 11) is 0. The van der Waals surface area contributed by atoms with Gasteiger partial charge in [-0.15, -0.1) is 0 Å². The van der Waals surface area contributed by atoms with Gasteiger partial charge in [0.05, 0.1) is 5.71 Å². The molecule has 2 atom stereocenters. The molecule has 0 saturated heterocycles. The first-order valence-corrected chi connectivity index (χ1v) is 5.16. The van der Waals surface area contributed by atoms with Gasteiger partial charge in [0.25, 0.3) is 0 Å². The summed E-state index contributed by atoms with van der Waals surface area (Å²) >= 11 is 0. The van der Waals surface area contributed by atoms with Crippen molar-refractivity contribution in [3.05, 3.63) is 24.0 Å². The number of aliphatic imine (C=N–C) groups is 1. The summed E-state index contributed by atoms with van der Waals surface area (Å²) in [6.45, 7) is 1.52. The van der Waals surface area contributed by atoms with Crippen LogP contribution in [-0.4, -0.2) is 38.5 Å². The van der Waals surface area contributed by atoms with E-state index in [0.717, 1.165) is 0 Å². The second kappa shape index (κ2) is 3.81.